The first-order chi connectivity index (χ1) is 5.75. The van der Waals surface area contributed by atoms with Gasteiger partial charge in [0.1, 0.15) is 18.2 Å². The number of benzene rings is 1. The van der Waals surface area contributed by atoms with Gasteiger partial charge in [0.2, 0.25) is 0 Å². The van der Waals surface area contributed by atoms with Crippen molar-refractivity contribution in [2.75, 3.05) is 6.61 Å². The first kappa shape index (κ1) is 8.78. The van der Waals surface area contributed by atoms with E-state index in [2.05, 4.69) is 6.58 Å². The standard InChI is InChI=1S/C10H11FO/c1-3-7-12-10-6-4-5-9(11)8(10)2/h3-6H,1,7H2,2H3. The summed E-state index contributed by atoms with van der Waals surface area (Å²) in [4.78, 5) is 0. The molecule has 1 nitrogen and oxygen atoms in total. The molecule has 0 N–H and O–H groups in total. The zero-order valence-corrected chi connectivity index (χ0v) is 7.01. The Balaban J connectivity index is 2.84. The van der Waals surface area contributed by atoms with Crippen LogP contribution in [-0.2, 0) is 0 Å². The summed E-state index contributed by atoms with van der Waals surface area (Å²) in [6.07, 6.45) is 1.63. The van der Waals surface area contributed by atoms with Crippen LogP contribution >= 0.6 is 0 Å². The third kappa shape index (κ3) is 1.84. The summed E-state index contributed by atoms with van der Waals surface area (Å²) in [5.41, 5.74) is 0.541. The van der Waals surface area contributed by atoms with E-state index in [1.54, 1.807) is 25.1 Å². The molecule has 0 heterocycles. The van der Waals surface area contributed by atoms with Crippen LogP contribution in [0.5, 0.6) is 5.75 Å². The molecule has 0 saturated heterocycles. The van der Waals surface area contributed by atoms with Gasteiger partial charge in [-0.3, -0.25) is 0 Å². The molecule has 1 aromatic rings. The highest BCUT2D eigenvalue weighted by Gasteiger charge is 2.02. The Morgan fingerprint density at radius 1 is 1.58 bits per heavy atom. The third-order valence-electron chi connectivity index (χ3n) is 1.57. The van der Waals surface area contributed by atoms with Crippen molar-refractivity contribution in [2.45, 2.75) is 6.92 Å². The minimum Gasteiger partial charge on any atom is -0.489 e. The molecule has 12 heavy (non-hydrogen) atoms. The van der Waals surface area contributed by atoms with Gasteiger partial charge in [-0.2, -0.15) is 0 Å². The average molecular weight is 166 g/mol. The third-order valence-corrected chi connectivity index (χ3v) is 1.57. The van der Waals surface area contributed by atoms with Crippen LogP contribution in [0.4, 0.5) is 4.39 Å². The molecule has 1 aromatic carbocycles. The number of ether oxygens (including phenoxy) is 1. The van der Waals surface area contributed by atoms with Gasteiger partial charge in [-0.25, -0.2) is 4.39 Å². The van der Waals surface area contributed by atoms with Crippen LogP contribution in [-0.4, -0.2) is 6.61 Å². The number of rotatable bonds is 3. The fourth-order valence-corrected chi connectivity index (χ4v) is 0.893. The highest BCUT2D eigenvalue weighted by Crippen LogP contribution is 2.19. The van der Waals surface area contributed by atoms with E-state index < -0.39 is 0 Å². The van der Waals surface area contributed by atoms with Crippen molar-refractivity contribution >= 4 is 0 Å². The molecule has 0 spiro atoms. The van der Waals surface area contributed by atoms with Crippen LogP contribution < -0.4 is 4.74 Å². The molecule has 0 atom stereocenters. The number of halogens is 1. The average Bonchev–Trinajstić information content (AvgIpc) is 2.08. The van der Waals surface area contributed by atoms with Crippen LogP contribution in [0.1, 0.15) is 5.56 Å². The second kappa shape index (κ2) is 3.90. The van der Waals surface area contributed by atoms with Crippen molar-refractivity contribution in [3.05, 3.63) is 42.2 Å². The molecule has 0 bridgehead atoms. The van der Waals surface area contributed by atoms with Gasteiger partial charge in [-0.1, -0.05) is 18.7 Å². The Hall–Kier alpha value is -1.31. The Morgan fingerprint density at radius 2 is 2.33 bits per heavy atom. The lowest BCUT2D eigenvalue weighted by molar-refractivity contribution is 0.357. The summed E-state index contributed by atoms with van der Waals surface area (Å²) in [5.74, 6) is 0.339. The zero-order valence-electron chi connectivity index (χ0n) is 7.01. The maximum atomic E-state index is 12.9. The largest absolute Gasteiger partial charge is 0.489 e. The van der Waals surface area contributed by atoms with Crippen molar-refractivity contribution in [2.24, 2.45) is 0 Å². The Bertz CT molecular complexity index is 281. The molecule has 64 valence electrons. The van der Waals surface area contributed by atoms with E-state index in [4.69, 9.17) is 4.74 Å². The fourth-order valence-electron chi connectivity index (χ4n) is 0.893. The molecular weight excluding hydrogens is 155 g/mol. The van der Waals surface area contributed by atoms with Crippen molar-refractivity contribution in [3.8, 4) is 5.75 Å². The molecule has 0 aliphatic rings. The maximum Gasteiger partial charge on any atom is 0.129 e. The molecule has 1 rings (SSSR count). The van der Waals surface area contributed by atoms with Crippen molar-refractivity contribution in [3.63, 3.8) is 0 Å². The Morgan fingerprint density at radius 3 is 3.00 bits per heavy atom. The summed E-state index contributed by atoms with van der Waals surface area (Å²) < 4.78 is 18.1. The van der Waals surface area contributed by atoms with E-state index in [-0.39, 0.29) is 5.82 Å². The zero-order chi connectivity index (χ0) is 8.97. The lowest BCUT2D eigenvalue weighted by atomic mass is 10.2. The molecular formula is C10H11FO. The molecule has 0 fully saturated rings. The summed E-state index contributed by atoms with van der Waals surface area (Å²) in [6.45, 7) is 5.60. The molecule has 0 amide bonds. The van der Waals surface area contributed by atoms with Gasteiger partial charge >= 0.3 is 0 Å². The topological polar surface area (TPSA) is 9.23 Å². The SMILES string of the molecule is C=CCOc1cccc(F)c1C. The fraction of sp³-hybridized carbons (Fsp3) is 0.200. The van der Waals surface area contributed by atoms with Crippen LogP contribution in [0.3, 0.4) is 0 Å². The van der Waals surface area contributed by atoms with Gasteiger partial charge in [0.15, 0.2) is 0 Å². The summed E-state index contributed by atoms with van der Waals surface area (Å²) in [6, 6.07) is 4.78. The highest BCUT2D eigenvalue weighted by atomic mass is 19.1. The molecule has 0 aliphatic carbocycles. The second-order valence-corrected chi connectivity index (χ2v) is 2.46. The van der Waals surface area contributed by atoms with Crippen LogP contribution in [0.2, 0.25) is 0 Å². The molecule has 0 radical (unpaired) electrons. The van der Waals surface area contributed by atoms with Crippen LogP contribution in [0.25, 0.3) is 0 Å². The molecule has 2 heteroatoms. The van der Waals surface area contributed by atoms with Gasteiger partial charge in [0, 0.05) is 5.56 Å². The summed E-state index contributed by atoms with van der Waals surface area (Å²) >= 11 is 0. The predicted molar refractivity (Wildman–Crippen MR) is 46.8 cm³/mol. The smallest absolute Gasteiger partial charge is 0.129 e. The number of hydrogen-bond acceptors (Lipinski definition) is 1. The predicted octanol–water partition coefficient (Wildman–Crippen LogP) is 2.70. The van der Waals surface area contributed by atoms with E-state index >= 15 is 0 Å². The van der Waals surface area contributed by atoms with E-state index in [1.807, 2.05) is 0 Å². The lowest BCUT2D eigenvalue weighted by Crippen LogP contribution is -1.96. The van der Waals surface area contributed by atoms with Gasteiger partial charge in [-0.15, -0.1) is 0 Å². The Kier molecular flexibility index (Phi) is 2.86. The molecule has 0 aliphatic heterocycles. The second-order valence-electron chi connectivity index (χ2n) is 2.46. The van der Waals surface area contributed by atoms with Crippen molar-refractivity contribution < 1.29 is 9.13 Å². The van der Waals surface area contributed by atoms with Gasteiger partial charge < -0.3 is 4.74 Å². The molecule has 0 unspecified atom stereocenters. The van der Waals surface area contributed by atoms with Gasteiger partial charge in [-0.05, 0) is 19.1 Å². The first-order valence-corrected chi connectivity index (χ1v) is 3.74. The van der Waals surface area contributed by atoms with Crippen molar-refractivity contribution in [1.82, 2.24) is 0 Å². The lowest BCUT2D eigenvalue weighted by Gasteiger charge is -2.06. The minimum absolute atomic E-state index is 0.239. The normalized spacial score (nSPS) is 9.50. The molecule has 0 aromatic heterocycles. The van der Waals surface area contributed by atoms with Gasteiger partial charge in [0.05, 0.1) is 0 Å². The van der Waals surface area contributed by atoms with Crippen LogP contribution in [0, 0.1) is 12.7 Å². The first-order valence-electron chi connectivity index (χ1n) is 3.74. The van der Waals surface area contributed by atoms with E-state index in [0.29, 0.717) is 17.9 Å². The van der Waals surface area contributed by atoms with E-state index in [1.165, 1.54) is 6.07 Å². The van der Waals surface area contributed by atoms with E-state index in [0.717, 1.165) is 0 Å². The monoisotopic (exact) mass is 166 g/mol. The van der Waals surface area contributed by atoms with Crippen LogP contribution in [0.15, 0.2) is 30.9 Å². The quantitative estimate of drug-likeness (QED) is 0.627. The molecule has 0 saturated carbocycles. The highest BCUT2D eigenvalue weighted by molar-refractivity contribution is 5.33. The summed E-state index contributed by atoms with van der Waals surface area (Å²) in [5, 5.41) is 0. The van der Waals surface area contributed by atoms with E-state index in [9.17, 15) is 4.39 Å². The summed E-state index contributed by atoms with van der Waals surface area (Å²) in [7, 11) is 0. The number of hydrogen-bond donors (Lipinski definition) is 0. The van der Waals surface area contributed by atoms with Gasteiger partial charge in [0.25, 0.3) is 0 Å². The Labute approximate surface area is 71.5 Å². The maximum absolute atomic E-state index is 12.9. The van der Waals surface area contributed by atoms with Crippen molar-refractivity contribution in [1.29, 1.82) is 0 Å². The minimum atomic E-state index is -0.239.